The van der Waals surface area contributed by atoms with Crippen LogP contribution in [0.1, 0.15) is 31.1 Å². The molecular formula is C13H17ClN2O2. The van der Waals surface area contributed by atoms with Crippen LogP contribution < -0.4 is 4.90 Å². The van der Waals surface area contributed by atoms with Crippen LogP contribution in [0.15, 0.2) is 24.9 Å². The Kier molecular flexibility index (Phi) is 4.35. The molecule has 1 heterocycles. The van der Waals surface area contributed by atoms with E-state index < -0.39 is 5.97 Å². The number of carboxylic acids is 1. The van der Waals surface area contributed by atoms with Crippen molar-refractivity contribution in [2.75, 3.05) is 11.4 Å². The molecule has 0 unspecified atom stereocenters. The number of pyridine rings is 1. The number of carboxylic acid groups (broad SMARTS) is 1. The van der Waals surface area contributed by atoms with Gasteiger partial charge in [0.25, 0.3) is 0 Å². The Hall–Kier alpha value is -1.55. The Morgan fingerprint density at radius 2 is 2.22 bits per heavy atom. The van der Waals surface area contributed by atoms with Gasteiger partial charge in [-0.3, -0.25) is 0 Å². The monoisotopic (exact) mass is 268 g/mol. The zero-order chi connectivity index (χ0) is 13.9. The average Bonchev–Trinajstić information content (AvgIpc) is 2.24. The number of halogens is 1. The van der Waals surface area contributed by atoms with Gasteiger partial charge < -0.3 is 10.0 Å². The summed E-state index contributed by atoms with van der Waals surface area (Å²) in [5.74, 6) is -0.476. The second-order valence-corrected chi connectivity index (χ2v) is 5.31. The van der Waals surface area contributed by atoms with Crippen LogP contribution in [-0.4, -0.2) is 28.1 Å². The number of hydrogen-bond acceptors (Lipinski definition) is 3. The Morgan fingerprint density at radius 3 is 2.61 bits per heavy atom. The number of aromatic nitrogens is 1. The average molecular weight is 269 g/mol. The van der Waals surface area contributed by atoms with Gasteiger partial charge in [-0.2, -0.15) is 0 Å². The van der Waals surface area contributed by atoms with Crippen LogP contribution in [0, 0.1) is 0 Å². The molecule has 1 aromatic heterocycles. The smallest absolute Gasteiger partial charge is 0.337 e. The van der Waals surface area contributed by atoms with E-state index in [2.05, 4.69) is 11.6 Å². The van der Waals surface area contributed by atoms with E-state index >= 15 is 0 Å². The molecule has 0 saturated heterocycles. The molecular weight excluding hydrogens is 252 g/mol. The van der Waals surface area contributed by atoms with E-state index in [4.69, 9.17) is 16.7 Å². The Labute approximate surface area is 112 Å². The number of aromatic carboxylic acids is 1. The maximum atomic E-state index is 10.8. The zero-order valence-corrected chi connectivity index (χ0v) is 11.5. The van der Waals surface area contributed by atoms with Crippen LogP contribution in [-0.2, 0) is 0 Å². The zero-order valence-electron chi connectivity index (χ0n) is 10.8. The first-order valence-electron chi connectivity index (χ1n) is 5.54. The van der Waals surface area contributed by atoms with Gasteiger partial charge in [-0.05, 0) is 26.8 Å². The van der Waals surface area contributed by atoms with Gasteiger partial charge in [0.1, 0.15) is 5.82 Å². The van der Waals surface area contributed by atoms with Crippen LogP contribution >= 0.6 is 11.6 Å². The quantitative estimate of drug-likeness (QED) is 0.852. The van der Waals surface area contributed by atoms with E-state index in [-0.39, 0.29) is 11.1 Å². The van der Waals surface area contributed by atoms with Gasteiger partial charge in [0.2, 0.25) is 0 Å². The maximum absolute atomic E-state index is 10.8. The van der Waals surface area contributed by atoms with Crippen LogP contribution in [0.25, 0.3) is 0 Å². The van der Waals surface area contributed by atoms with Crippen molar-refractivity contribution in [3.63, 3.8) is 0 Å². The van der Waals surface area contributed by atoms with Gasteiger partial charge in [-0.1, -0.05) is 17.7 Å². The molecule has 1 rings (SSSR count). The van der Waals surface area contributed by atoms with Crippen molar-refractivity contribution in [2.45, 2.75) is 26.3 Å². The molecule has 1 aromatic rings. The lowest BCUT2D eigenvalue weighted by Gasteiger charge is -2.36. The molecule has 0 amide bonds. The molecule has 0 aliphatic heterocycles. The van der Waals surface area contributed by atoms with Gasteiger partial charge in [0.15, 0.2) is 0 Å². The highest BCUT2D eigenvalue weighted by atomic mass is 35.5. The van der Waals surface area contributed by atoms with Crippen LogP contribution in [0.3, 0.4) is 0 Å². The second kappa shape index (κ2) is 5.40. The van der Waals surface area contributed by atoms with E-state index in [9.17, 15) is 4.79 Å². The van der Waals surface area contributed by atoms with E-state index in [1.807, 2.05) is 25.7 Å². The third-order valence-electron chi connectivity index (χ3n) is 2.45. The second-order valence-electron chi connectivity index (χ2n) is 4.90. The van der Waals surface area contributed by atoms with Crippen molar-refractivity contribution >= 4 is 23.4 Å². The number of hydrogen-bond donors (Lipinski definition) is 1. The maximum Gasteiger partial charge on any atom is 0.337 e. The molecule has 0 aliphatic rings. The minimum absolute atomic E-state index is 0.0798. The van der Waals surface area contributed by atoms with E-state index in [1.54, 1.807) is 6.08 Å². The standard InChI is InChI=1S/C13H17ClN2O2/c1-5-6-16(13(2,3)4)11-10(14)7-9(8-15-11)12(17)18/h5,7-8H,1,6H2,2-4H3,(H,17,18). The van der Waals surface area contributed by atoms with Crippen molar-refractivity contribution in [1.29, 1.82) is 0 Å². The molecule has 98 valence electrons. The topological polar surface area (TPSA) is 53.4 Å². The van der Waals surface area contributed by atoms with Crippen molar-refractivity contribution in [3.8, 4) is 0 Å². The van der Waals surface area contributed by atoms with Gasteiger partial charge in [0, 0.05) is 18.3 Å². The van der Waals surface area contributed by atoms with Crippen molar-refractivity contribution < 1.29 is 9.90 Å². The summed E-state index contributed by atoms with van der Waals surface area (Å²) >= 11 is 6.11. The summed E-state index contributed by atoms with van der Waals surface area (Å²) in [5.41, 5.74) is -0.105. The molecule has 0 bridgehead atoms. The highest BCUT2D eigenvalue weighted by Gasteiger charge is 2.24. The molecule has 0 atom stereocenters. The van der Waals surface area contributed by atoms with Crippen LogP contribution in [0.4, 0.5) is 5.82 Å². The van der Waals surface area contributed by atoms with Crippen molar-refractivity contribution in [2.24, 2.45) is 0 Å². The van der Waals surface area contributed by atoms with E-state index in [0.29, 0.717) is 17.4 Å². The molecule has 0 fully saturated rings. The SMILES string of the molecule is C=CCN(c1ncc(C(=O)O)cc1Cl)C(C)(C)C. The van der Waals surface area contributed by atoms with Crippen LogP contribution in [0.5, 0.6) is 0 Å². The third-order valence-corrected chi connectivity index (χ3v) is 2.72. The van der Waals surface area contributed by atoms with E-state index in [1.165, 1.54) is 12.3 Å². The highest BCUT2D eigenvalue weighted by molar-refractivity contribution is 6.33. The molecule has 0 saturated carbocycles. The first-order chi connectivity index (χ1) is 8.27. The minimum Gasteiger partial charge on any atom is -0.478 e. The summed E-state index contributed by atoms with van der Waals surface area (Å²) in [4.78, 5) is 16.9. The lowest BCUT2D eigenvalue weighted by molar-refractivity contribution is 0.0696. The summed E-state index contributed by atoms with van der Waals surface area (Å²) in [6.07, 6.45) is 3.07. The van der Waals surface area contributed by atoms with Crippen LogP contribution in [0.2, 0.25) is 5.02 Å². The molecule has 0 aromatic carbocycles. The fourth-order valence-electron chi connectivity index (χ4n) is 1.55. The Bertz CT molecular complexity index is 467. The normalized spacial score (nSPS) is 11.1. The summed E-state index contributed by atoms with van der Waals surface area (Å²) in [5, 5.41) is 9.20. The molecule has 0 radical (unpaired) electrons. The van der Waals surface area contributed by atoms with E-state index in [0.717, 1.165) is 0 Å². The molecule has 5 heteroatoms. The number of carbonyl (C=O) groups is 1. The minimum atomic E-state index is -1.04. The van der Waals surface area contributed by atoms with Gasteiger partial charge in [-0.15, -0.1) is 6.58 Å². The number of nitrogens with zero attached hydrogens (tertiary/aromatic N) is 2. The molecule has 4 nitrogen and oxygen atoms in total. The number of rotatable bonds is 4. The Morgan fingerprint density at radius 1 is 1.61 bits per heavy atom. The predicted molar refractivity (Wildman–Crippen MR) is 73.5 cm³/mol. The number of anilines is 1. The largest absolute Gasteiger partial charge is 0.478 e. The van der Waals surface area contributed by atoms with Crippen molar-refractivity contribution in [1.82, 2.24) is 4.98 Å². The third kappa shape index (κ3) is 3.23. The highest BCUT2D eigenvalue weighted by Crippen LogP contribution is 2.29. The van der Waals surface area contributed by atoms with Gasteiger partial charge in [-0.25, -0.2) is 9.78 Å². The van der Waals surface area contributed by atoms with Crippen molar-refractivity contribution in [3.05, 3.63) is 35.5 Å². The first-order valence-corrected chi connectivity index (χ1v) is 5.92. The fraction of sp³-hybridized carbons (Fsp3) is 0.385. The molecule has 1 N–H and O–H groups in total. The lowest BCUT2D eigenvalue weighted by atomic mass is 10.1. The van der Waals surface area contributed by atoms with Gasteiger partial charge >= 0.3 is 5.97 Å². The fourth-order valence-corrected chi connectivity index (χ4v) is 1.82. The molecule has 0 spiro atoms. The first kappa shape index (κ1) is 14.5. The van der Waals surface area contributed by atoms with Gasteiger partial charge in [0.05, 0.1) is 10.6 Å². The predicted octanol–water partition coefficient (Wildman–Crippen LogP) is 3.22. The summed E-state index contributed by atoms with van der Waals surface area (Å²) in [7, 11) is 0. The summed E-state index contributed by atoms with van der Waals surface area (Å²) in [6, 6.07) is 1.41. The summed E-state index contributed by atoms with van der Waals surface area (Å²) < 4.78 is 0. The summed E-state index contributed by atoms with van der Waals surface area (Å²) in [6.45, 7) is 10.4. The molecule has 0 aliphatic carbocycles. The Balaban J connectivity index is 3.22. The molecule has 18 heavy (non-hydrogen) atoms. The lowest BCUT2D eigenvalue weighted by Crippen LogP contribution is -2.42.